The lowest BCUT2D eigenvalue weighted by atomic mass is 9.82. The summed E-state index contributed by atoms with van der Waals surface area (Å²) in [5, 5.41) is 0. The van der Waals surface area contributed by atoms with Crippen molar-refractivity contribution in [3.8, 4) is 5.88 Å². The van der Waals surface area contributed by atoms with Crippen molar-refractivity contribution in [2.45, 2.75) is 37.4 Å². The molecule has 1 aromatic heterocycles. The van der Waals surface area contributed by atoms with E-state index >= 15 is 0 Å². The zero-order chi connectivity index (χ0) is 14.7. The number of hydrogen-bond acceptors (Lipinski definition) is 6. The van der Waals surface area contributed by atoms with Gasteiger partial charge in [-0.15, -0.1) is 0 Å². The molecule has 0 aliphatic carbocycles. The van der Waals surface area contributed by atoms with Gasteiger partial charge in [0.15, 0.2) is 5.82 Å². The van der Waals surface area contributed by atoms with Gasteiger partial charge in [-0.3, -0.25) is 0 Å². The first-order chi connectivity index (χ1) is 10.3. The van der Waals surface area contributed by atoms with E-state index in [1.54, 1.807) is 26.6 Å². The van der Waals surface area contributed by atoms with Gasteiger partial charge in [0.05, 0.1) is 18.8 Å². The number of aromatic nitrogens is 2. The number of hydrogen-bond donors (Lipinski definition) is 0. The molecule has 21 heavy (non-hydrogen) atoms. The first-order valence-electron chi connectivity index (χ1n) is 7.56. The lowest BCUT2D eigenvalue weighted by Crippen LogP contribution is -2.56. The summed E-state index contributed by atoms with van der Waals surface area (Å²) in [5.41, 5.74) is -0.126. The minimum atomic E-state index is -0.126. The van der Waals surface area contributed by atoms with E-state index < -0.39 is 0 Å². The fourth-order valence-electron chi connectivity index (χ4n) is 3.47. The van der Waals surface area contributed by atoms with E-state index in [1.807, 2.05) is 0 Å². The molecular formula is C15H23N3O3. The largest absolute Gasteiger partial charge is 0.478 e. The highest BCUT2D eigenvalue weighted by atomic mass is 16.5. The molecule has 3 rings (SSSR count). The van der Waals surface area contributed by atoms with Crippen LogP contribution in [0.25, 0.3) is 0 Å². The molecule has 2 aliphatic heterocycles. The van der Waals surface area contributed by atoms with Crippen LogP contribution >= 0.6 is 0 Å². The van der Waals surface area contributed by atoms with Gasteiger partial charge >= 0.3 is 0 Å². The summed E-state index contributed by atoms with van der Waals surface area (Å²) >= 11 is 0. The van der Waals surface area contributed by atoms with Crippen LogP contribution in [0.4, 0.5) is 5.82 Å². The Morgan fingerprint density at radius 3 is 2.71 bits per heavy atom. The third-order valence-electron chi connectivity index (χ3n) is 4.62. The first kappa shape index (κ1) is 14.5. The molecule has 2 saturated heterocycles. The zero-order valence-corrected chi connectivity index (χ0v) is 12.7. The Labute approximate surface area is 125 Å². The average molecular weight is 293 g/mol. The van der Waals surface area contributed by atoms with Crippen LogP contribution in [0, 0.1) is 0 Å². The maximum Gasteiger partial charge on any atom is 0.257 e. The molecule has 0 saturated carbocycles. The predicted molar refractivity (Wildman–Crippen MR) is 78.7 cm³/mol. The van der Waals surface area contributed by atoms with E-state index in [-0.39, 0.29) is 11.7 Å². The fraction of sp³-hybridized carbons (Fsp3) is 0.733. The standard InChI is InChI=1S/C15H23N3O3/c1-19-12-4-3-11-21-15(12)5-9-18(10-6-15)13-14(20-2)17-8-7-16-13/h7-8,12H,3-6,9-11H2,1-2H3/t12-/m1/s1. The van der Waals surface area contributed by atoms with Gasteiger partial charge in [-0.1, -0.05) is 0 Å². The molecule has 1 spiro atoms. The molecule has 0 aromatic carbocycles. The van der Waals surface area contributed by atoms with Gasteiger partial charge in [0.2, 0.25) is 0 Å². The molecule has 116 valence electrons. The van der Waals surface area contributed by atoms with E-state index in [2.05, 4.69) is 14.9 Å². The average Bonchev–Trinajstić information content (AvgIpc) is 2.56. The summed E-state index contributed by atoms with van der Waals surface area (Å²) in [6.45, 7) is 2.61. The SMILES string of the molecule is COc1nccnc1N1CCC2(CC1)OCCC[C@H]2OC. The van der Waals surface area contributed by atoms with Crippen molar-refractivity contribution in [1.29, 1.82) is 0 Å². The van der Waals surface area contributed by atoms with Crippen molar-refractivity contribution < 1.29 is 14.2 Å². The summed E-state index contributed by atoms with van der Waals surface area (Å²) in [5.74, 6) is 1.40. The fourth-order valence-corrected chi connectivity index (χ4v) is 3.47. The van der Waals surface area contributed by atoms with Crippen molar-refractivity contribution in [3.63, 3.8) is 0 Å². The highest BCUT2D eigenvalue weighted by Crippen LogP contribution is 2.38. The van der Waals surface area contributed by atoms with Crippen LogP contribution in [0.5, 0.6) is 5.88 Å². The van der Waals surface area contributed by atoms with Gasteiger partial charge in [0.1, 0.15) is 0 Å². The van der Waals surface area contributed by atoms with E-state index in [4.69, 9.17) is 14.2 Å². The number of ether oxygens (including phenoxy) is 3. The normalized spacial score (nSPS) is 25.0. The van der Waals surface area contributed by atoms with Crippen molar-refractivity contribution in [2.75, 3.05) is 38.8 Å². The molecule has 2 fully saturated rings. The van der Waals surface area contributed by atoms with Crippen molar-refractivity contribution in [2.24, 2.45) is 0 Å². The van der Waals surface area contributed by atoms with Crippen molar-refractivity contribution in [1.82, 2.24) is 9.97 Å². The maximum atomic E-state index is 6.13. The number of nitrogens with zero attached hydrogens (tertiary/aromatic N) is 3. The second-order valence-electron chi connectivity index (χ2n) is 5.66. The van der Waals surface area contributed by atoms with Crippen LogP contribution in [-0.4, -0.2) is 55.6 Å². The van der Waals surface area contributed by atoms with Gasteiger partial charge in [0, 0.05) is 39.2 Å². The Bertz CT molecular complexity index is 475. The second-order valence-corrected chi connectivity index (χ2v) is 5.66. The third-order valence-corrected chi connectivity index (χ3v) is 4.62. The number of methoxy groups -OCH3 is 2. The third kappa shape index (κ3) is 2.70. The molecule has 6 heteroatoms. The smallest absolute Gasteiger partial charge is 0.257 e. The van der Waals surface area contributed by atoms with E-state index in [9.17, 15) is 0 Å². The minimum absolute atomic E-state index is 0.126. The van der Waals surface area contributed by atoms with Crippen molar-refractivity contribution in [3.05, 3.63) is 12.4 Å². The van der Waals surface area contributed by atoms with Gasteiger partial charge < -0.3 is 19.1 Å². The summed E-state index contributed by atoms with van der Waals surface area (Å²) in [6, 6.07) is 0. The highest BCUT2D eigenvalue weighted by Gasteiger charge is 2.45. The van der Waals surface area contributed by atoms with Gasteiger partial charge in [-0.25, -0.2) is 9.97 Å². The molecule has 0 amide bonds. The Morgan fingerprint density at radius 2 is 2.00 bits per heavy atom. The number of rotatable bonds is 3. The van der Waals surface area contributed by atoms with Crippen molar-refractivity contribution >= 4 is 5.82 Å². The Hall–Kier alpha value is -1.40. The monoisotopic (exact) mass is 293 g/mol. The first-order valence-corrected chi connectivity index (χ1v) is 7.56. The number of anilines is 1. The van der Waals surface area contributed by atoms with Crippen LogP contribution in [-0.2, 0) is 9.47 Å². The van der Waals surface area contributed by atoms with Crippen LogP contribution in [0.2, 0.25) is 0 Å². The second kappa shape index (κ2) is 6.15. The molecule has 1 aromatic rings. The topological polar surface area (TPSA) is 56.7 Å². The Kier molecular flexibility index (Phi) is 4.26. The highest BCUT2D eigenvalue weighted by molar-refractivity contribution is 5.48. The summed E-state index contributed by atoms with van der Waals surface area (Å²) in [6.07, 6.45) is 7.64. The molecule has 0 bridgehead atoms. The molecule has 1 atom stereocenters. The van der Waals surface area contributed by atoms with Gasteiger partial charge in [0.25, 0.3) is 5.88 Å². The van der Waals surface area contributed by atoms with Crippen LogP contribution in [0.15, 0.2) is 12.4 Å². The summed E-state index contributed by atoms with van der Waals surface area (Å²) in [7, 11) is 3.42. The van der Waals surface area contributed by atoms with E-state index in [0.29, 0.717) is 5.88 Å². The lowest BCUT2D eigenvalue weighted by molar-refractivity contribution is -0.175. The molecule has 3 heterocycles. The predicted octanol–water partition coefficient (Wildman–Crippen LogP) is 1.65. The summed E-state index contributed by atoms with van der Waals surface area (Å²) in [4.78, 5) is 10.9. The van der Waals surface area contributed by atoms with E-state index in [1.165, 1.54) is 0 Å². The van der Waals surface area contributed by atoms with Crippen LogP contribution < -0.4 is 9.64 Å². The van der Waals surface area contributed by atoms with Gasteiger partial charge in [-0.2, -0.15) is 0 Å². The van der Waals surface area contributed by atoms with Crippen LogP contribution in [0.3, 0.4) is 0 Å². The molecule has 2 aliphatic rings. The molecule has 6 nitrogen and oxygen atoms in total. The molecule has 0 unspecified atom stereocenters. The Balaban J connectivity index is 1.72. The van der Waals surface area contributed by atoms with Gasteiger partial charge in [-0.05, 0) is 25.7 Å². The van der Waals surface area contributed by atoms with Crippen LogP contribution in [0.1, 0.15) is 25.7 Å². The maximum absolute atomic E-state index is 6.13. The minimum Gasteiger partial charge on any atom is -0.478 e. The molecular weight excluding hydrogens is 270 g/mol. The number of piperidine rings is 1. The zero-order valence-electron chi connectivity index (χ0n) is 12.7. The summed E-state index contributed by atoms with van der Waals surface area (Å²) < 4.78 is 17.1. The molecule has 0 radical (unpaired) electrons. The van der Waals surface area contributed by atoms with E-state index in [0.717, 1.165) is 51.2 Å². The Morgan fingerprint density at radius 1 is 1.24 bits per heavy atom. The lowest BCUT2D eigenvalue weighted by Gasteiger charge is -2.48. The molecule has 0 N–H and O–H groups in total. The quantitative estimate of drug-likeness (QED) is 0.844.